The van der Waals surface area contributed by atoms with Gasteiger partial charge in [0.15, 0.2) is 0 Å². The van der Waals surface area contributed by atoms with Gasteiger partial charge in [0.2, 0.25) is 17.7 Å². The van der Waals surface area contributed by atoms with Gasteiger partial charge in [-0.05, 0) is 68.2 Å². The Bertz CT molecular complexity index is 837. The highest BCUT2D eigenvalue weighted by molar-refractivity contribution is 6.00. The number of hydrogen-bond acceptors (Lipinski definition) is 3. The Morgan fingerprint density at radius 1 is 1.14 bits per heavy atom. The normalized spacial score (nSPS) is 32.0. The number of aryl methyl sites for hydroxylation is 2. The number of benzene rings is 1. The predicted octanol–water partition coefficient (Wildman–Crippen LogP) is 2.47. The molecule has 1 saturated carbocycles. The number of rotatable bonds is 3. The van der Waals surface area contributed by atoms with Crippen LogP contribution in [0.2, 0.25) is 0 Å². The zero-order valence-electron chi connectivity index (χ0n) is 17.5. The Kier molecular flexibility index (Phi) is 5.36. The van der Waals surface area contributed by atoms with Gasteiger partial charge in [-0.1, -0.05) is 13.0 Å². The number of nitrogens with one attached hydrogen (secondary N) is 2. The summed E-state index contributed by atoms with van der Waals surface area (Å²) < 4.78 is 0. The van der Waals surface area contributed by atoms with E-state index in [4.69, 9.17) is 0 Å². The predicted molar refractivity (Wildman–Crippen MR) is 111 cm³/mol. The topological polar surface area (TPSA) is 78.5 Å². The molecule has 3 aliphatic rings. The molecule has 2 saturated heterocycles. The number of fused-ring (bicyclic) bond motifs is 1. The third kappa shape index (κ3) is 4.02. The molecule has 3 amide bonds. The highest BCUT2D eigenvalue weighted by atomic mass is 16.2. The van der Waals surface area contributed by atoms with E-state index >= 15 is 0 Å². The van der Waals surface area contributed by atoms with Gasteiger partial charge in [0.05, 0.1) is 5.92 Å². The lowest BCUT2D eigenvalue weighted by Gasteiger charge is -2.43. The van der Waals surface area contributed by atoms with E-state index in [2.05, 4.69) is 17.6 Å². The zero-order chi connectivity index (χ0) is 20.7. The minimum absolute atomic E-state index is 0.00507. The van der Waals surface area contributed by atoms with Crippen LogP contribution in [-0.2, 0) is 14.4 Å². The minimum atomic E-state index is -0.318. The molecule has 6 heteroatoms. The van der Waals surface area contributed by atoms with E-state index in [9.17, 15) is 14.4 Å². The van der Waals surface area contributed by atoms with Crippen LogP contribution in [0.3, 0.4) is 0 Å². The van der Waals surface area contributed by atoms with Gasteiger partial charge in [0, 0.05) is 37.2 Å². The fourth-order valence-corrected chi connectivity index (χ4v) is 5.23. The van der Waals surface area contributed by atoms with E-state index in [-0.39, 0.29) is 42.1 Å². The Morgan fingerprint density at radius 2 is 1.93 bits per heavy atom. The number of piperidine rings is 1. The van der Waals surface area contributed by atoms with Gasteiger partial charge in [0.25, 0.3) is 0 Å². The summed E-state index contributed by atoms with van der Waals surface area (Å²) in [6.45, 7) is 6.66. The molecule has 5 unspecified atom stereocenters. The molecule has 5 atom stereocenters. The van der Waals surface area contributed by atoms with Crippen molar-refractivity contribution >= 4 is 23.4 Å². The highest BCUT2D eigenvalue weighted by Gasteiger charge is 2.41. The highest BCUT2D eigenvalue weighted by Crippen LogP contribution is 2.35. The van der Waals surface area contributed by atoms with E-state index in [0.717, 1.165) is 30.5 Å². The SMILES string of the molecule is Cc1ccc(N2CC(C(=O)NC3CCC4C(C)CC(=O)NC4C3)CC2=O)cc1C. The van der Waals surface area contributed by atoms with E-state index < -0.39 is 0 Å². The van der Waals surface area contributed by atoms with E-state index in [1.165, 1.54) is 5.56 Å². The first kappa shape index (κ1) is 19.9. The minimum Gasteiger partial charge on any atom is -0.353 e. The van der Waals surface area contributed by atoms with Crippen LogP contribution in [0.25, 0.3) is 0 Å². The quantitative estimate of drug-likeness (QED) is 0.822. The Balaban J connectivity index is 1.36. The molecular formula is C23H31N3O3. The number of carbonyl (C=O) groups is 3. The molecule has 1 aromatic rings. The summed E-state index contributed by atoms with van der Waals surface area (Å²) in [5.41, 5.74) is 3.20. The maximum absolute atomic E-state index is 12.9. The molecule has 0 radical (unpaired) electrons. The van der Waals surface area contributed by atoms with E-state index in [1.807, 2.05) is 32.0 Å². The smallest absolute Gasteiger partial charge is 0.227 e. The van der Waals surface area contributed by atoms with Gasteiger partial charge in [0.1, 0.15) is 0 Å². The molecular weight excluding hydrogens is 366 g/mol. The Morgan fingerprint density at radius 3 is 2.69 bits per heavy atom. The van der Waals surface area contributed by atoms with Crippen molar-refractivity contribution < 1.29 is 14.4 Å². The lowest BCUT2D eigenvalue weighted by molar-refractivity contribution is -0.128. The van der Waals surface area contributed by atoms with Crippen LogP contribution in [0.1, 0.15) is 50.2 Å². The lowest BCUT2D eigenvalue weighted by Crippen LogP contribution is -2.55. The number of amides is 3. The summed E-state index contributed by atoms with van der Waals surface area (Å²) in [6.07, 6.45) is 3.61. The van der Waals surface area contributed by atoms with Crippen molar-refractivity contribution in [2.45, 2.75) is 65.0 Å². The molecule has 1 aromatic carbocycles. The molecule has 1 aliphatic carbocycles. The first-order valence-corrected chi connectivity index (χ1v) is 10.8. The van der Waals surface area contributed by atoms with Crippen LogP contribution in [0.15, 0.2) is 18.2 Å². The largest absolute Gasteiger partial charge is 0.353 e. The Hall–Kier alpha value is -2.37. The summed E-state index contributed by atoms with van der Waals surface area (Å²) in [7, 11) is 0. The Labute approximate surface area is 172 Å². The molecule has 2 heterocycles. The third-order valence-electron chi connectivity index (χ3n) is 7.13. The van der Waals surface area contributed by atoms with Crippen LogP contribution < -0.4 is 15.5 Å². The molecule has 2 N–H and O–H groups in total. The summed E-state index contributed by atoms with van der Waals surface area (Å²) >= 11 is 0. The molecule has 156 valence electrons. The molecule has 29 heavy (non-hydrogen) atoms. The molecule has 6 nitrogen and oxygen atoms in total. The average Bonchev–Trinajstić information content (AvgIpc) is 3.05. The molecule has 0 aromatic heterocycles. The standard InChI is InChI=1S/C23H31N3O3/c1-13-4-6-18(8-14(13)2)26-12-16(10-22(26)28)23(29)24-17-5-7-19-15(3)9-21(27)25-20(19)11-17/h4,6,8,15-17,19-20H,5,7,9-12H2,1-3H3,(H,24,29)(H,25,27). The van der Waals surface area contributed by atoms with Crippen LogP contribution in [0.5, 0.6) is 0 Å². The summed E-state index contributed by atoms with van der Waals surface area (Å²) in [6, 6.07) is 6.21. The number of hydrogen-bond donors (Lipinski definition) is 2. The van der Waals surface area contributed by atoms with Gasteiger partial charge >= 0.3 is 0 Å². The van der Waals surface area contributed by atoms with Gasteiger partial charge in [-0.2, -0.15) is 0 Å². The van der Waals surface area contributed by atoms with Crippen molar-refractivity contribution in [2.24, 2.45) is 17.8 Å². The average molecular weight is 398 g/mol. The maximum Gasteiger partial charge on any atom is 0.227 e. The van der Waals surface area contributed by atoms with Crippen molar-refractivity contribution in [3.63, 3.8) is 0 Å². The second kappa shape index (κ2) is 7.81. The number of anilines is 1. The van der Waals surface area contributed by atoms with Crippen molar-refractivity contribution in [1.29, 1.82) is 0 Å². The first-order chi connectivity index (χ1) is 13.8. The molecule has 4 rings (SSSR count). The molecule has 2 aliphatic heterocycles. The van der Waals surface area contributed by atoms with E-state index in [0.29, 0.717) is 24.8 Å². The van der Waals surface area contributed by atoms with Crippen molar-refractivity contribution in [3.8, 4) is 0 Å². The molecule has 0 bridgehead atoms. The van der Waals surface area contributed by atoms with Crippen molar-refractivity contribution in [3.05, 3.63) is 29.3 Å². The van der Waals surface area contributed by atoms with Crippen molar-refractivity contribution in [2.75, 3.05) is 11.4 Å². The summed E-state index contributed by atoms with van der Waals surface area (Å²) in [5, 5.41) is 6.28. The van der Waals surface area contributed by atoms with E-state index in [1.54, 1.807) is 4.90 Å². The lowest BCUT2D eigenvalue weighted by atomic mass is 9.72. The zero-order valence-corrected chi connectivity index (χ0v) is 17.5. The van der Waals surface area contributed by atoms with Crippen LogP contribution in [0.4, 0.5) is 5.69 Å². The molecule has 3 fully saturated rings. The van der Waals surface area contributed by atoms with Gasteiger partial charge in [-0.25, -0.2) is 0 Å². The second-order valence-electron chi connectivity index (χ2n) is 9.21. The van der Waals surface area contributed by atoms with Crippen LogP contribution in [-0.4, -0.2) is 36.3 Å². The maximum atomic E-state index is 12.9. The van der Waals surface area contributed by atoms with Crippen LogP contribution in [0, 0.1) is 31.6 Å². The van der Waals surface area contributed by atoms with Crippen LogP contribution >= 0.6 is 0 Å². The summed E-state index contributed by atoms with van der Waals surface area (Å²) in [5.74, 6) is 0.685. The monoisotopic (exact) mass is 397 g/mol. The van der Waals surface area contributed by atoms with Crippen molar-refractivity contribution in [1.82, 2.24) is 10.6 Å². The summed E-state index contributed by atoms with van der Waals surface area (Å²) in [4.78, 5) is 39.0. The fourth-order valence-electron chi connectivity index (χ4n) is 5.23. The van der Waals surface area contributed by atoms with Gasteiger partial charge < -0.3 is 15.5 Å². The first-order valence-electron chi connectivity index (χ1n) is 10.8. The number of carbonyl (C=O) groups excluding carboxylic acids is 3. The molecule has 0 spiro atoms. The van der Waals surface area contributed by atoms with Gasteiger partial charge in [-0.3, -0.25) is 14.4 Å². The third-order valence-corrected chi connectivity index (χ3v) is 7.13. The second-order valence-corrected chi connectivity index (χ2v) is 9.21. The van der Waals surface area contributed by atoms with Gasteiger partial charge in [-0.15, -0.1) is 0 Å². The fraction of sp³-hybridized carbons (Fsp3) is 0.609. The number of nitrogens with zero attached hydrogens (tertiary/aromatic N) is 1.